The Labute approximate surface area is 351 Å². The van der Waals surface area contributed by atoms with Crippen molar-refractivity contribution in [1.29, 1.82) is 0 Å². The maximum absolute atomic E-state index is 14.0. The summed E-state index contributed by atoms with van der Waals surface area (Å²) in [4.78, 5) is 44.8. The highest BCUT2D eigenvalue weighted by atomic mass is 35.5. The van der Waals surface area contributed by atoms with E-state index in [0.29, 0.717) is 28.8 Å². The lowest BCUT2D eigenvalue weighted by Crippen LogP contribution is -2.63. The Morgan fingerprint density at radius 3 is 2.22 bits per heavy atom. The molecule has 0 bridgehead atoms. The number of carbonyl (C=O) groups excluding carboxylic acids is 2. The highest BCUT2D eigenvalue weighted by Gasteiger charge is 2.53. The molecule has 1 saturated carbocycles. The molecule has 3 aliphatic rings. The van der Waals surface area contributed by atoms with Gasteiger partial charge in [-0.3, -0.25) is 19.1 Å². The lowest BCUT2D eigenvalue weighted by Gasteiger charge is -2.57. The number of aryl methyl sites for hydroxylation is 2. The van der Waals surface area contributed by atoms with Gasteiger partial charge in [0.1, 0.15) is 16.9 Å². The molecule has 1 atom stereocenters. The van der Waals surface area contributed by atoms with Crippen molar-refractivity contribution in [2.75, 3.05) is 18.0 Å². The number of halogens is 1. The predicted molar refractivity (Wildman–Crippen MR) is 231 cm³/mol. The van der Waals surface area contributed by atoms with Crippen LogP contribution in [0.1, 0.15) is 137 Å². The molecule has 7 rings (SSSR count). The summed E-state index contributed by atoms with van der Waals surface area (Å²) in [6.45, 7) is 24.7. The van der Waals surface area contributed by atoms with Gasteiger partial charge < -0.3 is 20.3 Å². The summed E-state index contributed by atoms with van der Waals surface area (Å²) >= 11 is 7.97. The molecule has 0 spiro atoms. The van der Waals surface area contributed by atoms with E-state index < -0.39 is 17.2 Å². The van der Waals surface area contributed by atoms with E-state index in [9.17, 15) is 9.59 Å². The minimum Gasteiger partial charge on any atom is -0.372 e. The van der Waals surface area contributed by atoms with E-state index >= 15 is 0 Å². The van der Waals surface area contributed by atoms with Gasteiger partial charge in [0.25, 0.3) is 5.91 Å². The topological polar surface area (TPSA) is 140 Å². The van der Waals surface area contributed by atoms with Crippen LogP contribution >= 0.6 is 22.9 Å². The third kappa shape index (κ3) is 8.58. The van der Waals surface area contributed by atoms with Crippen LogP contribution in [0.15, 0.2) is 41.7 Å². The van der Waals surface area contributed by atoms with E-state index in [0.717, 1.165) is 65.6 Å². The number of benzene rings is 1. The van der Waals surface area contributed by atoms with Crippen LogP contribution in [-0.2, 0) is 9.53 Å². The molecule has 2 fully saturated rings. The summed E-state index contributed by atoms with van der Waals surface area (Å²) in [7, 11) is 0. The lowest BCUT2D eigenvalue weighted by atomic mass is 9.52. The molecule has 5 heterocycles. The van der Waals surface area contributed by atoms with Crippen LogP contribution in [0.3, 0.4) is 0 Å². The van der Waals surface area contributed by atoms with Gasteiger partial charge in [-0.1, -0.05) is 51.4 Å². The SMILES string of the molecule is Cc1sc2c(c1C)C(c1ccc(Cl)cc1)=N[C@@H](CC(=O)NC(C)(C)CC(C)(C)OC1CCN(c3ncc(C(=O)NC4C(C)(C)CC4(C)C)cn3)CC1)c1nnc(C)n1-2. The quantitative estimate of drug-likeness (QED) is 0.154. The molecule has 0 unspecified atom stereocenters. The molecule has 1 aliphatic carbocycles. The van der Waals surface area contributed by atoms with Gasteiger partial charge in [-0.05, 0) is 103 Å². The van der Waals surface area contributed by atoms with E-state index in [1.807, 2.05) is 45.0 Å². The second kappa shape index (κ2) is 15.4. The molecule has 12 nitrogen and oxygen atoms in total. The number of fused-ring (bicyclic) bond motifs is 3. The van der Waals surface area contributed by atoms with E-state index in [1.54, 1.807) is 23.7 Å². The van der Waals surface area contributed by atoms with Crippen LogP contribution in [0.5, 0.6) is 0 Å². The molecular weight excluding hydrogens is 770 g/mol. The van der Waals surface area contributed by atoms with Crippen molar-refractivity contribution in [2.24, 2.45) is 15.8 Å². The number of aliphatic imine (C=N–C) groups is 1. The van der Waals surface area contributed by atoms with Gasteiger partial charge in [0.2, 0.25) is 11.9 Å². The highest BCUT2D eigenvalue weighted by Crippen LogP contribution is 2.53. The molecular formula is C44H58ClN9O3S. The monoisotopic (exact) mass is 827 g/mol. The fourth-order valence-corrected chi connectivity index (χ4v) is 11.4. The van der Waals surface area contributed by atoms with E-state index in [2.05, 4.69) is 95.7 Å². The van der Waals surface area contributed by atoms with Crippen molar-refractivity contribution >= 4 is 46.4 Å². The molecule has 58 heavy (non-hydrogen) atoms. The lowest BCUT2D eigenvalue weighted by molar-refractivity contribution is -0.125. The molecule has 0 radical (unpaired) electrons. The standard InChI is InChI=1S/C44H58ClN9O3S/c1-25-26(2)58-38-34(25)35(28-12-14-30(45)15-13-28)48-32(36-52-51-27(3)54(36)38)20-33(55)50-43(8,9)24-44(10,11)57-31-16-18-53(19-17-31)40-46-21-29(22-47-40)37(56)49-39-41(4,5)23-42(39,6)7/h12-15,21-22,31-32,39H,16-20,23-24H2,1-11H3,(H,49,56)(H,50,55)/t32-/m0/s1. The van der Waals surface area contributed by atoms with E-state index in [4.69, 9.17) is 21.3 Å². The van der Waals surface area contributed by atoms with Crippen molar-refractivity contribution in [1.82, 2.24) is 35.4 Å². The van der Waals surface area contributed by atoms with Crippen molar-refractivity contribution in [2.45, 2.75) is 138 Å². The zero-order valence-corrected chi connectivity index (χ0v) is 37.4. The fourth-order valence-electron chi connectivity index (χ4n) is 10.0. The average Bonchev–Trinajstić information content (AvgIpc) is 3.61. The maximum atomic E-state index is 14.0. The summed E-state index contributed by atoms with van der Waals surface area (Å²) in [5, 5.41) is 17.2. The first-order valence-electron chi connectivity index (χ1n) is 20.4. The normalized spacial score (nSPS) is 19.4. The number of nitrogens with one attached hydrogen (secondary N) is 2. The van der Waals surface area contributed by atoms with Gasteiger partial charge in [-0.25, -0.2) is 9.97 Å². The number of amides is 2. The number of hydrogen-bond donors (Lipinski definition) is 2. The highest BCUT2D eigenvalue weighted by molar-refractivity contribution is 7.15. The van der Waals surface area contributed by atoms with Crippen LogP contribution in [0, 0.1) is 31.6 Å². The number of nitrogens with zero attached hydrogens (tertiary/aromatic N) is 7. The molecule has 4 aromatic rings. The van der Waals surface area contributed by atoms with E-state index in [1.165, 1.54) is 4.88 Å². The first-order valence-corrected chi connectivity index (χ1v) is 21.6. The largest absolute Gasteiger partial charge is 0.372 e. The van der Waals surface area contributed by atoms with Gasteiger partial charge in [0.15, 0.2) is 5.82 Å². The molecule has 2 amide bonds. The minimum atomic E-state index is -0.573. The summed E-state index contributed by atoms with van der Waals surface area (Å²) in [6, 6.07) is 7.25. The molecule has 2 aliphatic heterocycles. The summed E-state index contributed by atoms with van der Waals surface area (Å²) in [6.07, 6.45) is 6.71. The molecule has 3 aromatic heterocycles. The maximum Gasteiger partial charge on any atom is 0.254 e. The van der Waals surface area contributed by atoms with E-state index in [-0.39, 0.29) is 41.2 Å². The van der Waals surface area contributed by atoms with Crippen LogP contribution in [-0.4, -0.2) is 78.6 Å². The number of aromatic nitrogens is 5. The second-order valence-electron chi connectivity index (χ2n) is 19.1. The fraction of sp³-hybridized carbons (Fsp3) is 0.568. The smallest absolute Gasteiger partial charge is 0.254 e. The second-order valence-corrected chi connectivity index (χ2v) is 20.8. The Bertz CT molecular complexity index is 2200. The van der Waals surface area contributed by atoms with Crippen LogP contribution in [0.4, 0.5) is 5.95 Å². The van der Waals surface area contributed by atoms with Gasteiger partial charge in [-0.2, -0.15) is 0 Å². The molecule has 14 heteroatoms. The number of hydrogen-bond acceptors (Lipinski definition) is 10. The Morgan fingerprint density at radius 2 is 1.60 bits per heavy atom. The first-order chi connectivity index (χ1) is 27.1. The number of rotatable bonds is 11. The molecule has 1 saturated heterocycles. The summed E-state index contributed by atoms with van der Waals surface area (Å²) < 4.78 is 8.79. The van der Waals surface area contributed by atoms with Gasteiger partial charge in [0.05, 0.1) is 29.4 Å². The van der Waals surface area contributed by atoms with Gasteiger partial charge in [-0.15, -0.1) is 21.5 Å². The number of thiophene rings is 1. The summed E-state index contributed by atoms with van der Waals surface area (Å²) in [5.41, 5.74) is 3.45. The van der Waals surface area contributed by atoms with Crippen molar-refractivity contribution in [3.8, 4) is 5.00 Å². The van der Waals surface area contributed by atoms with Gasteiger partial charge in [0, 0.05) is 58.1 Å². The Hall–Kier alpha value is -4.20. The minimum absolute atomic E-state index is 0.0478. The molecule has 310 valence electrons. The van der Waals surface area contributed by atoms with Crippen LogP contribution in [0.2, 0.25) is 5.02 Å². The summed E-state index contributed by atoms with van der Waals surface area (Å²) in [5.74, 6) is 1.77. The Morgan fingerprint density at radius 1 is 0.966 bits per heavy atom. The molecule has 1 aromatic carbocycles. The third-order valence-electron chi connectivity index (χ3n) is 11.9. The number of carbonyl (C=O) groups is 2. The van der Waals surface area contributed by atoms with Crippen molar-refractivity contribution < 1.29 is 14.3 Å². The average molecular weight is 829 g/mol. The van der Waals surface area contributed by atoms with Crippen molar-refractivity contribution in [3.63, 3.8) is 0 Å². The zero-order valence-electron chi connectivity index (χ0n) is 35.8. The number of ether oxygens (including phenoxy) is 1. The third-order valence-corrected chi connectivity index (χ3v) is 13.4. The Balaban J connectivity index is 0.960. The number of piperidine rings is 1. The predicted octanol–water partition coefficient (Wildman–Crippen LogP) is 8.28. The van der Waals surface area contributed by atoms with Crippen molar-refractivity contribution in [3.05, 3.63) is 80.5 Å². The van der Waals surface area contributed by atoms with Crippen LogP contribution < -0.4 is 15.5 Å². The van der Waals surface area contributed by atoms with Gasteiger partial charge >= 0.3 is 0 Å². The number of anilines is 1. The first kappa shape index (κ1) is 41.9. The zero-order chi connectivity index (χ0) is 41.9. The Kier molecular flexibility index (Phi) is 11.2. The van der Waals surface area contributed by atoms with Crippen LogP contribution in [0.25, 0.3) is 5.00 Å². The molecule has 2 N–H and O–H groups in total.